The summed E-state index contributed by atoms with van der Waals surface area (Å²) in [6.07, 6.45) is 21.3. The number of methoxy groups -OCH3 is 4. The zero-order valence-corrected chi connectivity index (χ0v) is 30.9. The molecule has 0 atom stereocenters. The maximum Gasteiger partial charge on any atom is 0.382 e. The van der Waals surface area contributed by atoms with Gasteiger partial charge in [0.25, 0.3) is 0 Å². The lowest BCUT2D eigenvalue weighted by atomic mass is 10.0. The molecule has 0 saturated carbocycles. The van der Waals surface area contributed by atoms with Crippen molar-refractivity contribution in [1.29, 1.82) is 0 Å². The summed E-state index contributed by atoms with van der Waals surface area (Å²) >= 11 is 0. The maximum atomic E-state index is 12.1. The van der Waals surface area contributed by atoms with E-state index in [0.29, 0.717) is 23.0 Å². The van der Waals surface area contributed by atoms with E-state index in [4.69, 9.17) is 27.8 Å². The molecule has 0 radical (unpaired) electrons. The fourth-order valence-electron chi connectivity index (χ4n) is 5.70. The van der Waals surface area contributed by atoms with Crippen molar-refractivity contribution in [2.45, 2.75) is 129 Å². The molecule has 46 heavy (non-hydrogen) atoms. The van der Waals surface area contributed by atoms with Gasteiger partial charge in [-0.05, 0) is 39.5 Å². The third-order valence-corrected chi connectivity index (χ3v) is 11.0. The average Bonchev–Trinajstić information content (AvgIpc) is 3.05. The summed E-state index contributed by atoms with van der Waals surface area (Å²) in [6, 6.07) is 0. The second kappa shape index (κ2) is 24.0. The minimum atomic E-state index is -0.467. The molecule has 0 fully saturated rings. The second-order valence-corrected chi connectivity index (χ2v) is 14.5. The topological polar surface area (TPSA) is 97.3 Å². The maximum absolute atomic E-state index is 12.1. The second-order valence-electron chi connectivity index (χ2n) is 11.8. The summed E-state index contributed by atoms with van der Waals surface area (Å²) in [5, 5.41) is 0. The fourth-order valence-corrected chi connectivity index (χ4v) is 8.00. The Kier molecular flexibility index (Phi) is 20.9. The van der Waals surface area contributed by atoms with Gasteiger partial charge in [-0.3, -0.25) is 0 Å². The highest BCUT2D eigenvalue weighted by Crippen LogP contribution is 2.31. The summed E-state index contributed by atoms with van der Waals surface area (Å²) < 4.78 is 31.9. The van der Waals surface area contributed by atoms with Crippen LogP contribution in [0.2, 0.25) is 0 Å². The van der Waals surface area contributed by atoms with Gasteiger partial charge in [-0.15, -0.1) is 0 Å². The molecule has 0 bridgehead atoms. The lowest BCUT2D eigenvalue weighted by Gasteiger charge is -2.12. The van der Waals surface area contributed by atoms with E-state index in [1.54, 1.807) is 14.2 Å². The van der Waals surface area contributed by atoms with Crippen LogP contribution in [0.5, 0.6) is 23.0 Å². The van der Waals surface area contributed by atoms with E-state index in [1.165, 1.54) is 103 Å². The van der Waals surface area contributed by atoms with Crippen LogP contribution < -0.4 is 30.2 Å². The van der Waals surface area contributed by atoms with Gasteiger partial charge >= 0.3 is 11.3 Å². The van der Waals surface area contributed by atoms with E-state index in [9.17, 15) is 9.59 Å². The zero-order chi connectivity index (χ0) is 33.6. The predicted octanol–water partition coefficient (Wildman–Crippen LogP) is 9.65. The number of aryl methyl sites for hydroxylation is 2. The first-order valence-electron chi connectivity index (χ1n) is 17.1. The molecule has 0 aliphatic rings. The van der Waals surface area contributed by atoms with Gasteiger partial charge in [-0.25, -0.2) is 9.59 Å². The van der Waals surface area contributed by atoms with E-state index >= 15 is 0 Å². The molecule has 2 rings (SSSR count). The van der Waals surface area contributed by atoms with Gasteiger partial charge in [0.15, 0.2) is 11.5 Å². The summed E-state index contributed by atoms with van der Waals surface area (Å²) in [7, 11) is 10.1. The third-order valence-electron chi connectivity index (χ3n) is 8.40. The Morgan fingerprint density at radius 2 is 0.717 bits per heavy atom. The van der Waals surface area contributed by atoms with Gasteiger partial charge in [0.1, 0.15) is 11.5 Å². The fraction of sp³-hybridized carbons (Fsp3) is 0.722. The van der Waals surface area contributed by atoms with E-state index in [2.05, 4.69) is 0 Å². The molecule has 0 amide bonds. The van der Waals surface area contributed by atoms with Crippen LogP contribution in [0.1, 0.15) is 125 Å². The molecular weight excluding hydrogens is 625 g/mol. The van der Waals surface area contributed by atoms with Crippen LogP contribution >= 0.6 is 21.6 Å². The van der Waals surface area contributed by atoms with Gasteiger partial charge < -0.3 is 27.8 Å². The average molecular weight is 683 g/mol. The van der Waals surface area contributed by atoms with Crippen molar-refractivity contribution in [3.05, 3.63) is 43.5 Å². The summed E-state index contributed by atoms with van der Waals surface area (Å²) in [4.78, 5) is 24.2. The van der Waals surface area contributed by atoms with Crippen LogP contribution in [0.3, 0.4) is 0 Å². The van der Waals surface area contributed by atoms with E-state index in [1.807, 2.05) is 35.4 Å². The minimum absolute atomic E-state index is 0.144. The Labute approximate surface area is 284 Å². The summed E-state index contributed by atoms with van der Waals surface area (Å²) in [5.41, 5.74) is 0.773. The van der Waals surface area contributed by atoms with E-state index < -0.39 is 11.3 Å². The summed E-state index contributed by atoms with van der Waals surface area (Å²) in [6.45, 7) is 3.83. The van der Waals surface area contributed by atoms with Crippen molar-refractivity contribution in [3.8, 4) is 23.0 Å². The van der Waals surface area contributed by atoms with Gasteiger partial charge in [0.2, 0.25) is 11.5 Å². The number of unbranched alkanes of at least 4 members (excludes halogenated alkanes) is 14. The Morgan fingerprint density at radius 3 is 1.02 bits per heavy atom. The van der Waals surface area contributed by atoms with Crippen molar-refractivity contribution >= 4 is 21.6 Å². The van der Waals surface area contributed by atoms with Gasteiger partial charge in [0.05, 0.1) is 28.4 Å². The molecule has 0 aromatic carbocycles. The molecule has 0 saturated heterocycles. The molecule has 262 valence electrons. The van der Waals surface area contributed by atoms with Crippen LogP contribution in [-0.4, -0.2) is 39.9 Å². The van der Waals surface area contributed by atoms with E-state index in [-0.39, 0.29) is 11.5 Å². The van der Waals surface area contributed by atoms with E-state index in [0.717, 1.165) is 49.7 Å². The van der Waals surface area contributed by atoms with Crippen LogP contribution in [0, 0.1) is 13.8 Å². The number of ether oxygens (including phenoxy) is 4. The van der Waals surface area contributed by atoms with Crippen molar-refractivity contribution in [2.75, 3.05) is 39.9 Å². The highest BCUT2D eigenvalue weighted by atomic mass is 33.1. The van der Waals surface area contributed by atoms with Crippen molar-refractivity contribution in [3.63, 3.8) is 0 Å². The molecule has 2 heterocycles. The largest absolute Gasteiger partial charge is 0.492 e. The van der Waals surface area contributed by atoms with Crippen molar-refractivity contribution in [2.24, 2.45) is 0 Å². The normalized spacial score (nSPS) is 11.2. The molecule has 8 nitrogen and oxygen atoms in total. The Morgan fingerprint density at radius 1 is 0.435 bits per heavy atom. The van der Waals surface area contributed by atoms with Crippen LogP contribution in [0.25, 0.3) is 0 Å². The number of hydrogen-bond acceptors (Lipinski definition) is 10. The highest BCUT2D eigenvalue weighted by molar-refractivity contribution is 8.76. The van der Waals surface area contributed by atoms with Gasteiger partial charge in [0, 0.05) is 35.5 Å². The Balaban J connectivity index is 1.35. The molecule has 0 aliphatic heterocycles. The predicted molar refractivity (Wildman–Crippen MR) is 192 cm³/mol. The van der Waals surface area contributed by atoms with Crippen molar-refractivity contribution in [1.82, 2.24) is 0 Å². The molecule has 2 aromatic rings. The molecule has 0 aliphatic carbocycles. The van der Waals surface area contributed by atoms with Gasteiger partial charge in [-0.2, -0.15) is 0 Å². The van der Waals surface area contributed by atoms with Crippen molar-refractivity contribution < 1.29 is 27.8 Å². The Bertz CT molecular complexity index is 1140. The lowest BCUT2D eigenvalue weighted by molar-refractivity contribution is 0.316. The molecule has 0 N–H and O–H groups in total. The molecule has 2 aromatic heterocycles. The number of hydrogen-bond donors (Lipinski definition) is 0. The third kappa shape index (κ3) is 13.9. The van der Waals surface area contributed by atoms with Crippen LogP contribution in [-0.2, 0) is 12.8 Å². The van der Waals surface area contributed by atoms with Crippen LogP contribution in [0.4, 0.5) is 0 Å². The zero-order valence-electron chi connectivity index (χ0n) is 29.2. The SMILES string of the molecule is COc1c(C)c(CCCCCCCCCCSSCCCCCCCCCCc2oc(=O)c(OC)c(OC)c2C)oc(=O)c1OC. The minimum Gasteiger partial charge on any atom is -0.492 e. The molecular formula is C36H58O8S2. The first kappa shape index (κ1) is 40.0. The van der Waals surface area contributed by atoms with Gasteiger partial charge in [-0.1, -0.05) is 98.6 Å². The molecule has 0 unspecified atom stereocenters. The van der Waals surface area contributed by atoms with Crippen LogP contribution in [0.15, 0.2) is 18.4 Å². The molecule has 10 heteroatoms. The summed E-state index contributed by atoms with van der Waals surface area (Å²) in [5.74, 6) is 5.19. The number of rotatable bonds is 27. The Hall–Kier alpha value is -2.20. The standard InChI is InChI=1S/C36H58O8S2/c1-27-29(43-35(37)33(41-5)31(27)39-3)23-19-15-11-7-9-13-17-21-25-45-46-26-22-18-14-10-8-12-16-20-24-30-28(2)32(40-4)34(42-6)36(38)44-30/h7-26H2,1-6H3. The first-order chi connectivity index (χ1) is 22.4. The monoisotopic (exact) mass is 682 g/mol. The highest BCUT2D eigenvalue weighted by Gasteiger charge is 2.19. The smallest absolute Gasteiger partial charge is 0.382 e. The lowest BCUT2D eigenvalue weighted by Crippen LogP contribution is -2.10. The quantitative estimate of drug-likeness (QED) is 0.0669. The molecule has 0 spiro atoms. The first-order valence-corrected chi connectivity index (χ1v) is 19.6.